The molecule has 1 saturated heterocycles. The number of ether oxygens (including phenoxy) is 1. The number of nitrogens with one attached hydrogen (secondary N) is 2. The van der Waals surface area contributed by atoms with E-state index < -0.39 is 0 Å². The Morgan fingerprint density at radius 3 is 2.32 bits per heavy atom. The molecule has 0 radical (unpaired) electrons. The SMILES string of the molecule is CC1(C)CC(NC(=O)COc2ccc(Br)cc2)CC(C)(C)N1. The highest BCUT2D eigenvalue weighted by Gasteiger charge is 2.38. The van der Waals surface area contributed by atoms with Crippen LogP contribution in [0.3, 0.4) is 0 Å². The maximum absolute atomic E-state index is 12.1. The van der Waals surface area contributed by atoms with E-state index >= 15 is 0 Å². The van der Waals surface area contributed by atoms with Gasteiger partial charge in [0, 0.05) is 21.6 Å². The van der Waals surface area contributed by atoms with E-state index in [9.17, 15) is 4.79 Å². The minimum absolute atomic E-state index is 0.0201. The van der Waals surface area contributed by atoms with Gasteiger partial charge in [0.2, 0.25) is 0 Å². The second-order valence-corrected chi connectivity index (χ2v) is 8.22. The van der Waals surface area contributed by atoms with Gasteiger partial charge in [0.15, 0.2) is 6.61 Å². The summed E-state index contributed by atoms with van der Waals surface area (Å²) in [6.07, 6.45) is 1.83. The molecule has 0 spiro atoms. The monoisotopic (exact) mass is 368 g/mol. The lowest BCUT2D eigenvalue weighted by molar-refractivity contribution is -0.124. The molecule has 22 heavy (non-hydrogen) atoms. The molecular formula is C17H25BrN2O2. The number of piperidine rings is 1. The van der Waals surface area contributed by atoms with Crippen LogP contribution in [0.15, 0.2) is 28.7 Å². The van der Waals surface area contributed by atoms with E-state index in [0.717, 1.165) is 17.3 Å². The smallest absolute Gasteiger partial charge is 0.258 e. The molecule has 1 fully saturated rings. The van der Waals surface area contributed by atoms with Crippen molar-refractivity contribution in [1.82, 2.24) is 10.6 Å². The van der Waals surface area contributed by atoms with E-state index in [1.807, 2.05) is 24.3 Å². The van der Waals surface area contributed by atoms with Crippen molar-refractivity contribution in [3.05, 3.63) is 28.7 Å². The molecule has 1 aliphatic rings. The molecule has 2 rings (SSSR count). The van der Waals surface area contributed by atoms with Gasteiger partial charge in [0.1, 0.15) is 5.75 Å². The topological polar surface area (TPSA) is 50.4 Å². The molecule has 1 aliphatic heterocycles. The minimum atomic E-state index is -0.0681. The number of hydrogen-bond donors (Lipinski definition) is 2. The largest absolute Gasteiger partial charge is 0.484 e. The van der Waals surface area contributed by atoms with Crippen LogP contribution in [-0.4, -0.2) is 29.6 Å². The third kappa shape index (κ3) is 5.29. The summed E-state index contributed by atoms with van der Waals surface area (Å²) < 4.78 is 6.51. The van der Waals surface area contributed by atoms with Crippen molar-refractivity contribution in [3.63, 3.8) is 0 Å². The molecule has 0 aromatic heterocycles. The maximum Gasteiger partial charge on any atom is 0.258 e. The van der Waals surface area contributed by atoms with Crippen LogP contribution < -0.4 is 15.4 Å². The Bertz CT molecular complexity index is 510. The third-order valence-electron chi connectivity index (χ3n) is 3.74. The Morgan fingerprint density at radius 1 is 1.23 bits per heavy atom. The van der Waals surface area contributed by atoms with Crippen molar-refractivity contribution in [3.8, 4) is 5.75 Å². The van der Waals surface area contributed by atoms with Gasteiger partial charge in [0.05, 0.1) is 0 Å². The van der Waals surface area contributed by atoms with Crippen LogP contribution in [0, 0.1) is 0 Å². The fraction of sp³-hybridized carbons (Fsp3) is 0.588. The lowest BCUT2D eigenvalue weighted by Gasteiger charge is -2.46. The van der Waals surface area contributed by atoms with Gasteiger partial charge in [0.25, 0.3) is 5.91 Å². The molecule has 1 heterocycles. The molecule has 0 unspecified atom stereocenters. The predicted octanol–water partition coefficient (Wildman–Crippen LogP) is 3.25. The van der Waals surface area contributed by atoms with Gasteiger partial charge in [-0.15, -0.1) is 0 Å². The van der Waals surface area contributed by atoms with Gasteiger partial charge in [-0.1, -0.05) is 15.9 Å². The lowest BCUT2D eigenvalue weighted by atomic mass is 9.79. The summed E-state index contributed by atoms with van der Waals surface area (Å²) in [6.45, 7) is 8.74. The van der Waals surface area contributed by atoms with E-state index in [1.165, 1.54) is 0 Å². The van der Waals surface area contributed by atoms with Crippen LogP contribution in [0.5, 0.6) is 5.75 Å². The first-order chi connectivity index (χ1) is 10.2. The van der Waals surface area contributed by atoms with Crippen molar-refractivity contribution < 1.29 is 9.53 Å². The van der Waals surface area contributed by atoms with Gasteiger partial charge in [-0.25, -0.2) is 0 Å². The Hall–Kier alpha value is -1.07. The van der Waals surface area contributed by atoms with Crippen LogP contribution in [0.1, 0.15) is 40.5 Å². The fourth-order valence-electron chi connectivity index (χ4n) is 3.37. The second-order valence-electron chi connectivity index (χ2n) is 7.31. The summed E-state index contributed by atoms with van der Waals surface area (Å²) in [4.78, 5) is 12.1. The molecule has 0 saturated carbocycles. The number of halogens is 1. The van der Waals surface area contributed by atoms with Crippen LogP contribution >= 0.6 is 15.9 Å². The molecule has 1 aromatic rings. The predicted molar refractivity (Wildman–Crippen MR) is 92.1 cm³/mol. The molecule has 4 nitrogen and oxygen atoms in total. The van der Waals surface area contributed by atoms with Gasteiger partial charge in [-0.05, 0) is 64.8 Å². The summed E-state index contributed by atoms with van der Waals surface area (Å²) >= 11 is 3.37. The Balaban J connectivity index is 1.85. The van der Waals surface area contributed by atoms with Crippen LogP contribution in [-0.2, 0) is 4.79 Å². The molecule has 5 heteroatoms. The van der Waals surface area contributed by atoms with E-state index in [0.29, 0.717) is 5.75 Å². The summed E-state index contributed by atoms with van der Waals surface area (Å²) in [5.74, 6) is 0.630. The van der Waals surface area contributed by atoms with Gasteiger partial charge in [-0.2, -0.15) is 0 Å². The standard InChI is InChI=1S/C17H25BrN2O2/c1-16(2)9-13(10-17(3,4)20-16)19-15(21)11-22-14-7-5-12(18)6-8-14/h5-8,13,20H,9-11H2,1-4H3,(H,19,21). The summed E-state index contributed by atoms with van der Waals surface area (Å²) in [5, 5.41) is 6.71. The quantitative estimate of drug-likeness (QED) is 0.857. The Morgan fingerprint density at radius 2 is 1.77 bits per heavy atom. The molecule has 0 aliphatic carbocycles. The third-order valence-corrected chi connectivity index (χ3v) is 4.27. The number of amides is 1. The molecule has 2 N–H and O–H groups in total. The van der Waals surface area contributed by atoms with E-state index in [-0.39, 0.29) is 29.6 Å². The second kappa shape index (κ2) is 6.59. The molecule has 122 valence electrons. The van der Waals surface area contributed by atoms with Crippen LogP contribution in [0.25, 0.3) is 0 Å². The fourth-order valence-corrected chi connectivity index (χ4v) is 3.64. The van der Waals surface area contributed by atoms with Crippen molar-refractivity contribution in [2.75, 3.05) is 6.61 Å². The highest BCUT2D eigenvalue weighted by molar-refractivity contribution is 9.10. The maximum atomic E-state index is 12.1. The van der Waals surface area contributed by atoms with Crippen molar-refractivity contribution >= 4 is 21.8 Å². The summed E-state index contributed by atoms with van der Waals surface area (Å²) in [7, 11) is 0. The zero-order valence-corrected chi connectivity index (χ0v) is 15.3. The van der Waals surface area contributed by atoms with Crippen molar-refractivity contribution in [2.24, 2.45) is 0 Å². The summed E-state index contributed by atoms with van der Waals surface area (Å²) in [5.41, 5.74) is 0.0402. The first-order valence-electron chi connectivity index (χ1n) is 7.62. The molecule has 1 amide bonds. The van der Waals surface area contributed by atoms with E-state index in [1.54, 1.807) is 0 Å². The lowest BCUT2D eigenvalue weighted by Crippen LogP contribution is -2.62. The Labute approximate surface area is 141 Å². The highest BCUT2D eigenvalue weighted by Crippen LogP contribution is 2.28. The van der Waals surface area contributed by atoms with Gasteiger partial charge in [-0.3, -0.25) is 4.79 Å². The van der Waals surface area contributed by atoms with Gasteiger partial charge >= 0.3 is 0 Å². The van der Waals surface area contributed by atoms with Crippen LogP contribution in [0.4, 0.5) is 0 Å². The average molecular weight is 369 g/mol. The normalized spacial score (nSPS) is 20.4. The molecule has 0 atom stereocenters. The summed E-state index contributed by atoms with van der Waals surface area (Å²) in [6, 6.07) is 7.64. The van der Waals surface area contributed by atoms with Crippen LogP contribution in [0.2, 0.25) is 0 Å². The van der Waals surface area contributed by atoms with Crippen molar-refractivity contribution in [2.45, 2.75) is 57.7 Å². The van der Waals surface area contributed by atoms with E-state index in [2.05, 4.69) is 54.3 Å². The zero-order chi connectivity index (χ0) is 16.4. The number of carbonyl (C=O) groups excluding carboxylic acids is 1. The first-order valence-corrected chi connectivity index (χ1v) is 8.42. The zero-order valence-electron chi connectivity index (χ0n) is 13.7. The number of benzene rings is 1. The minimum Gasteiger partial charge on any atom is -0.484 e. The number of rotatable bonds is 4. The molecular weight excluding hydrogens is 344 g/mol. The van der Waals surface area contributed by atoms with Crippen molar-refractivity contribution in [1.29, 1.82) is 0 Å². The number of hydrogen-bond acceptors (Lipinski definition) is 3. The highest BCUT2D eigenvalue weighted by atomic mass is 79.9. The molecule has 1 aromatic carbocycles. The van der Waals surface area contributed by atoms with Gasteiger partial charge < -0.3 is 15.4 Å². The Kier molecular flexibility index (Phi) is 5.17. The molecule has 0 bridgehead atoms. The van der Waals surface area contributed by atoms with E-state index in [4.69, 9.17) is 4.74 Å². The number of carbonyl (C=O) groups is 1. The first kappa shape index (κ1) is 17.3. The average Bonchev–Trinajstić information content (AvgIpc) is 2.34.